The summed E-state index contributed by atoms with van der Waals surface area (Å²) in [6.07, 6.45) is 4.96. The van der Waals surface area contributed by atoms with Crippen LogP contribution in [-0.4, -0.2) is 71.9 Å². The van der Waals surface area contributed by atoms with Crippen molar-refractivity contribution in [3.63, 3.8) is 0 Å². The van der Waals surface area contributed by atoms with E-state index in [0.717, 1.165) is 68.7 Å². The van der Waals surface area contributed by atoms with Gasteiger partial charge in [-0.15, -0.1) is 0 Å². The molecule has 0 aliphatic carbocycles. The summed E-state index contributed by atoms with van der Waals surface area (Å²) in [5.74, 6) is 7.30. The van der Waals surface area contributed by atoms with Gasteiger partial charge in [-0.1, -0.05) is 18.8 Å². The first-order valence-corrected chi connectivity index (χ1v) is 13.6. The molecule has 9 nitrogen and oxygen atoms in total. The van der Waals surface area contributed by atoms with E-state index in [1.807, 2.05) is 30.3 Å². The Hall–Kier alpha value is -3.45. The van der Waals surface area contributed by atoms with Crippen LogP contribution in [0.25, 0.3) is 11.0 Å². The van der Waals surface area contributed by atoms with Crippen molar-refractivity contribution in [3.05, 3.63) is 52.4 Å². The number of nitrogens with one attached hydrogen (secondary N) is 3. The minimum absolute atomic E-state index is 0.144. The van der Waals surface area contributed by atoms with E-state index in [-0.39, 0.29) is 5.56 Å². The molecule has 2 fully saturated rings. The second-order valence-electron chi connectivity index (χ2n) is 9.99. The number of methoxy groups -OCH3 is 1. The van der Waals surface area contributed by atoms with Crippen LogP contribution in [0.2, 0.25) is 0 Å². The fourth-order valence-corrected chi connectivity index (χ4v) is 5.06. The minimum atomic E-state index is -0.144. The monoisotopic (exact) mass is 515 g/mol. The van der Waals surface area contributed by atoms with Gasteiger partial charge in [-0.05, 0) is 75.8 Å². The third-order valence-electron chi connectivity index (χ3n) is 7.36. The van der Waals surface area contributed by atoms with Gasteiger partial charge in [0, 0.05) is 48.6 Å². The SMILES string of the molecule is CCN1CCC(C#Cc2cc3cnc(Nc4ccc(NC5CCNC5)cc4)nc3n(CCOC)c2=O)CC1. The Kier molecular flexibility index (Phi) is 8.54. The van der Waals surface area contributed by atoms with Crippen molar-refractivity contribution in [2.75, 3.05) is 57.1 Å². The molecule has 0 spiro atoms. The molecule has 0 amide bonds. The molecule has 5 rings (SSSR count). The van der Waals surface area contributed by atoms with Crippen molar-refractivity contribution in [2.45, 2.75) is 38.8 Å². The summed E-state index contributed by atoms with van der Waals surface area (Å²) in [4.78, 5) is 25.1. The van der Waals surface area contributed by atoms with Gasteiger partial charge in [0.05, 0.1) is 18.7 Å². The summed E-state index contributed by atoms with van der Waals surface area (Å²) >= 11 is 0. The van der Waals surface area contributed by atoms with Crippen molar-refractivity contribution < 1.29 is 4.74 Å². The molecular formula is C29H37N7O2. The van der Waals surface area contributed by atoms with Crippen molar-refractivity contribution in [1.29, 1.82) is 0 Å². The standard InChI is InChI=1S/C29H37N7O2/c1-3-35-14-11-21(12-15-35)4-5-22-18-23-19-31-29(34-27(23)36(28(22)37)16-17-38-2)33-25-8-6-24(7-9-25)32-26-10-13-30-20-26/h6-9,18-19,21,26,30,32H,3,10-17,20H2,1-2H3,(H,31,33,34). The van der Waals surface area contributed by atoms with E-state index in [9.17, 15) is 4.79 Å². The fraction of sp³-hybridized carbons (Fsp3) is 0.483. The lowest BCUT2D eigenvalue weighted by Crippen LogP contribution is -2.33. The summed E-state index contributed by atoms with van der Waals surface area (Å²) < 4.78 is 6.93. The van der Waals surface area contributed by atoms with Gasteiger partial charge in [0.1, 0.15) is 5.65 Å². The molecule has 3 N–H and O–H groups in total. The van der Waals surface area contributed by atoms with Gasteiger partial charge in [-0.2, -0.15) is 4.98 Å². The second kappa shape index (κ2) is 12.4. The third-order valence-corrected chi connectivity index (χ3v) is 7.36. The Morgan fingerprint density at radius 2 is 1.95 bits per heavy atom. The fourth-order valence-electron chi connectivity index (χ4n) is 5.06. The summed E-state index contributed by atoms with van der Waals surface area (Å²) in [6.45, 7) is 8.23. The van der Waals surface area contributed by atoms with Crippen LogP contribution in [0.1, 0.15) is 31.7 Å². The average Bonchev–Trinajstić information content (AvgIpc) is 3.46. The predicted octanol–water partition coefficient (Wildman–Crippen LogP) is 3.04. The zero-order valence-electron chi connectivity index (χ0n) is 22.3. The number of hydrogen-bond donors (Lipinski definition) is 3. The minimum Gasteiger partial charge on any atom is -0.383 e. The number of hydrogen-bond acceptors (Lipinski definition) is 8. The first kappa shape index (κ1) is 26.2. The van der Waals surface area contributed by atoms with Gasteiger partial charge < -0.3 is 25.6 Å². The number of anilines is 3. The van der Waals surface area contributed by atoms with Crippen molar-refractivity contribution >= 4 is 28.4 Å². The molecule has 2 saturated heterocycles. The molecule has 0 saturated carbocycles. The highest BCUT2D eigenvalue weighted by atomic mass is 16.5. The molecule has 1 unspecified atom stereocenters. The molecule has 2 aliphatic heterocycles. The lowest BCUT2D eigenvalue weighted by molar-refractivity contribution is 0.187. The molecule has 1 aromatic carbocycles. The predicted molar refractivity (Wildman–Crippen MR) is 152 cm³/mol. The van der Waals surface area contributed by atoms with Gasteiger partial charge in [0.2, 0.25) is 5.95 Å². The molecule has 3 aromatic rings. The van der Waals surface area contributed by atoms with E-state index in [4.69, 9.17) is 9.72 Å². The maximum Gasteiger partial charge on any atom is 0.268 e. The normalized spacial score (nSPS) is 18.3. The van der Waals surface area contributed by atoms with Crippen LogP contribution in [0, 0.1) is 17.8 Å². The highest BCUT2D eigenvalue weighted by Gasteiger charge is 2.17. The summed E-state index contributed by atoms with van der Waals surface area (Å²) in [5.41, 5.74) is 2.87. The Balaban J connectivity index is 1.36. The Morgan fingerprint density at radius 1 is 1.16 bits per heavy atom. The van der Waals surface area contributed by atoms with Crippen LogP contribution in [0.3, 0.4) is 0 Å². The number of fused-ring (bicyclic) bond motifs is 1. The lowest BCUT2D eigenvalue weighted by Gasteiger charge is -2.28. The third kappa shape index (κ3) is 6.33. The molecule has 9 heteroatoms. The first-order valence-electron chi connectivity index (χ1n) is 13.6. The molecule has 2 aliphatic rings. The number of nitrogens with zero attached hydrogens (tertiary/aromatic N) is 4. The molecule has 2 aromatic heterocycles. The van der Waals surface area contributed by atoms with Crippen LogP contribution in [0.15, 0.2) is 41.3 Å². The largest absolute Gasteiger partial charge is 0.383 e. The van der Waals surface area contributed by atoms with Gasteiger partial charge in [0.15, 0.2) is 0 Å². The topological polar surface area (TPSA) is 96.3 Å². The Bertz CT molecular complexity index is 1350. The maximum absolute atomic E-state index is 13.4. The quantitative estimate of drug-likeness (QED) is 0.394. The summed E-state index contributed by atoms with van der Waals surface area (Å²) in [6, 6.07) is 10.4. The van der Waals surface area contributed by atoms with Gasteiger partial charge in [-0.3, -0.25) is 9.36 Å². The van der Waals surface area contributed by atoms with Crippen LogP contribution in [0.5, 0.6) is 0 Å². The van der Waals surface area contributed by atoms with Crippen LogP contribution >= 0.6 is 0 Å². The van der Waals surface area contributed by atoms with E-state index in [1.165, 1.54) is 0 Å². The molecule has 200 valence electrons. The number of rotatable bonds is 8. The second-order valence-corrected chi connectivity index (χ2v) is 9.99. The average molecular weight is 516 g/mol. The Labute approximate surface area is 224 Å². The zero-order valence-corrected chi connectivity index (χ0v) is 22.3. The highest BCUT2D eigenvalue weighted by molar-refractivity contribution is 5.77. The summed E-state index contributed by atoms with van der Waals surface area (Å²) in [5, 5.41) is 11.0. The zero-order chi connectivity index (χ0) is 26.3. The van der Waals surface area contributed by atoms with E-state index < -0.39 is 0 Å². The number of likely N-dealkylation sites (tertiary alicyclic amines) is 1. The van der Waals surface area contributed by atoms with Crippen molar-refractivity contribution in [3.8, 4) is 11.8 Å². The first-order chi connectivity index (χ1) is 18.6. The van der Waals surface area contributed by atoms with Crippen molar-refractivity contribution in [2.24, 2.45) is 5.92 Å². The summed E-state index contributed by atoms with van der Waals surface area (Å²) in [7, 11) is 1.63. The molecule has 0 radical (unpaired) electrons. The molecule has 0 bridgehead atoms. The van der Waals surface area contributed by atoms with E-state index in [1.54, 1.807) is 17.9 Å². The van der Waals surface area contributed by atoms with Gasteiger partial charge >= 0.3 is 0 Å². The van der Waals surface area contributed by atoms with E-state index >= 15 is 0 Å². The Morgan fingerprint density at radius 3 is 2.66 bits per heavy atom. The molecule has 38 heavy (non-hydrogen) atoms. The van der Waals surface area contributed by atoms with Gasteiger partial charge in [-0.25, -0.2) is 4.98 Å². The highest BCUT2D eigenvalue weighted by Crippen LogP contribution is 2.20. The van der Waals surface area contributed by atoms with Crippen LogP contribution in [0.4, 0.5) is 17.3 Å². The van der Waals surface area contributed by atoms with E-state index in [2.05, 4.69) is 44.6 Å². The van der Waals surface area contributed by atoms with Crippen molar-refractivity contribution in [1.82, 2.24) is 24.8 Å². The number of aromatic nitrogens is 3. The molecular weight excluding hydrogens is 478 g/mol. The smallest absolute Gasteiger partial charge is 0.268 e. The molecule has 4 heterocycles. The van der Waals surface area contributed by atoms with Gasteiger partial charge in [0.25, 0.3) is 5.56 Å². The number of pyridine rings is 1. The van der Waals surface area contributed by atoms with E-state index in [0.29, 0.717) is 42.3 Å². The maximum atomic E-state index is 13.4. The molecule has 1 atom stereocenters. The van der Waals surface area contributed by atoms with Crippen LogP contribution in [-0.2, 0) is 11.3 Å². The lowest BCUT2D eigenvalue weighted by atomic mass is 9.97. The number of benzene rings is 1. The number of ether oxygens (including phenoxy) is 1. The van der Waals surface area contributed by atoms with Crippen LogP contribution < -0.4 is 21.5 Å². The number of piperidine rings is 1.